The molecule has 4 heteroatoms. The Hall–Kier alpha value is -1.55. The highest BCUT2D eigenvalue weighted by atomic mass is 16.5. The van der Waals surface area contributed by atoms with Gasteiger partial charge in [0.15, 0.2) is 0 Å². The van der Waals surface area contributed by atoms with Gasteiger partial charge in [-0.1, -0.05) is 31.5 Å². The molecule has 0 saturated heterocycles. The predicted octanol–water partition coefficient (Wildman–Crippen LogP) is 2.35. The van der Waals surface area contributed by atoms with Crippen molar-refractivity contribution in [2.24, 2.45) is 0 Å². The van der Waals surface area contributed by atoms with Crippen molar-refractivity contribution in [3.8, 4) is 0 Å². The van der Waals surface area contributed by atoms with Gasteiger partial charge in [-0.05, 0) is 30.9 Å². The minimum Gasteiger partial charge on any atom is -0.380 e. The van der Waals surface area contributed by atoms with Gasteiger partial charge in [0.1, 0.15) is 6.04 Å². The van der Waals surface area contributed by atoms with Crippen molar-refractivity contribution in [3.05, 3.63) is 29.8 Å². The Bertz CT molecular complexity index is 434. The standard InChI is InChI=1S/C16H24N2O2/c1-2-3-11-20-12-10-17-16(19)15-9-8-13-6-4-5-7-14(13)18-15/h4-7,15,18H,2-3,8-12H2,1H3,(H,17,19). The fourth-order valence-corrected chi connectivity index (χ4v) is 2.35. The monoisotopic (exact) mass is 276 g/mol. The van der Waals surface area contributed by atoms with Gasteiger partial charge in [0.25, 0.3) is 0 Å². The first-order valence-electron chi connectivity index (χ1n) is 7.51. The van der Waals surface area contributed by atoms with E-state index in [2.05, 4.69) is 23.6 Å². The maximum absolute atomic E-state index is 12.1. The molecule has 1 aliphatic rings. The molecule has 1 amide bonds. The second-order valence-electron chi connectivity index (χ2n) is 5.15. The number of ether oxygens (including phenoxy) is 1. The van der Waals surface area contributed by atoms with Crippen molar-refractivity contribution >= 4 is 11.6 Å². The Labute approximate surface area is 120 Å². The van der Waals surface area contributed by atoms with E-state index in [0.717, 1.165) is 38.0 Å². The van der Waals surface area contributed by atoms with E-state index < -0.39 is 0 Å². The maximum Gasteiger partial charge on any atom is 0.242 e. The zero-order valence-corrected chi connectivity index (χ0v) is 12.2. The van der Waals surface area contributed by atoms with Crippen molar-refractivity contribution < 1.29 is 9.53 Å². The van der Waals surface area contributed by atoms with E-state index in [1.54, 1.807) is 0 Å². The summed E-state index contributed by atoms with van der Waals surface area (Å²) in [5.41, 5.74) is 2.37. The highest BCUT2D eigenvalue weighted by molar-refractivity contribution is 5.85. The van der Waals surface area contributed by atoms with E-state index in [9.17, 15) is 4.79 Å². The van der Waals surface area contributed by atoms with Gasteiger partial charge in [-0.3, -0.25) is 4.79 Å². The smallest absolute Gasteiger partial charge is 0.242 e. The van der Waals surface area contributed by atoms with Crippen molar-refractivity contribution in [2.45, 2.75) is 38.6 Å². The van der Waals surface area contributed by atoms with Gasteiger partial charge in [-0.25, -0.2) is 0 Å². The van der Waals surface area contributed by atoms with Crippen LogP contribution in [0.2, 0.25) is 0 Å². The molecule has 2 N–H and O–H groups in total. The average molecular weight is 276 g/mol. The van der Waals surface area contributed by atoms with Crippen LogP contribution in [0.15, 0.2) is 24.3 Å². The van der Waals surface area contributed by atoms with Crippen LogP contribution >= 0.6 is 0 Å². The molecule has 0 bridgehead atoms. The second-order valence-corrected chi connectivity index (χ2v) is 5.15. The van der Waals surface area contributed by atoms with E-state index in [0.29, 0.717) is 13.2 Å². The lowest BCUT2D eigenvalue weighted by atomic mass is 9.98. The zero-order valence-electron chi connectivity index (χ0n) is 12.2. The number of anilines is 1. The summed E-state index contributed by atoms with van der Waals surface area (Å²) in [6.45, 7) is 4.09. The lowest BCUT2D eigenvalue weighted by Gasteiger charge is -2.26. The summed E-state index contributed by atoms with van der Waals surface area (Å²) in [6.07, 6.45) is 4.01. The first-order chi connectivity index (χ1) is 9.81. The molecular weight excluding hydrogens is 252 g/mol. The topological polar surface area (TPSA) is 50.4 Å². The first-order valence-corrected chi connectivity index (χ1v) is 7.51. The third-order valence-corrected chi connectivity index (χ3v) is 3.55. The molecule has 0 spiro atoms. The Balaban J connectivity index is 1.69. The number of unbranched alkanes of at least 4 members (excludes halogenated alkanes) is 1. The van der Waals surface area contributed by atoms with Crippen LogP contribution in [0.5, 0.6) is 0 Å². The van der Waals surface area contributed by atoms with Gasteiger partial charge in [0.2, 0.25) is 5.91 Å². The third-order valence-electron chi connectivity index (χ3n) is 3.55. The minimum absolute atomic E-state index is 0.0681. The molecule has 1 unspecified atom stereocenters. The van der Waals surface area contributed by atoms with Crippen LogP contribution in [-0.4, -0.2) is 31.7 Å². The molecule has 1 aromatic rings. The van der Waals surface area contributed by atoms with Gasteiger partial charge in [-0.15, -0.1) is 0 Å². The number of para-hydroxylation sites is 1. The Morgan fingerprint density at radius 1 is 1.40 bits per heavy atom. The van der Waals surface area contributed by atoms with Crippen LogP contribution in [0, 0.1) is 0 Å². The van der Waals surface area contributed by atoms with E-state index in [1.807, 2.05) is 18.2 Å². The molecular formula is C16H24N2O2. The number of benzene rings is 1. The van der Waals surface area contributed by atoms with Gasteiger partial charge in [0, 0.05) is 18.8 Å². The van der Waals surface area contributed by atoms with Crippen LogP contribution in [0.3, 0.4) is 0 Å². The van der Waals surface area contributed by atoms with Crippen LogP contribution in [0.1, 0.15) is 31.7 Å². The number of nitrogens with one attached hydrogen (secondary N) is 2. The van der Waals surface area contributed by atoms with Crippen molar-refractivity contribution in [3.63, 3.8) is 0 Å². The average Bonchev–Trinajstić information content (AvgIpc) is 2.50. The Kier molecular flexibility index (Phi) is 5.87. The third kappa shape index (κ3) is 4.23. The van der Waals surface area contributed by atoms with Crippen LogP contribution in [0.25, 0.3) is 0 Å². The zero-order chi connectivity index (χ0) is 14.2. The number of rotatable bonds is 7. The Morgan fingerprint density at radius 2 is 2.25 bits per heavy atom. The number of hydrogen-bond donors (Lipinski definition) is 2. The summed E-state index contributed by atoms with van der Waals surface area (Å²) in [4.78, 5) is 12.1. The molecule has 0 aliphatic carbocycles. The van der Waals surface area contributed by atoms with E-state index in [-0.39, 0.29) is 11.9 Å². The highest BCUT2D eigenvalue weighted by Gasteiger charge is 2.22. The summed E-state index contributed by atoms with van der Waals surface area (Å²) in [6, 6.07) is 8.05. The summed E-state index contributed by atoms with van der Waals surface area (Å²) < 4.78 is 5.43. The normalized spacial score (nSPS) is 17.1. The molecule has 110 valence electrons. The molecule has 2 rings (SSSR count). The fraction of sp³-hybridized carbons (Fsp3) is 0.562. The summed E-state index contributed by atoms with van der Waals surface area (Å²) >= 11 is 0. The molecule has 4 nitrogen and oxygen atoms in total. The van der Waals surface area contributed by atoms with Gasteiger partial charge < -0.3 is 15.4 Å². The van der Waals surface area contributed by atoms with E-state index in [1.165, 1.54) is 5.56 Å². The van der Waals surface area contributed by atoms with Gasteiger partial charge in [0.05, 0.1) is 6.61 Å². The SMILES string of the molecule is CCCCOCCNC(=O)C1CCc2ccccc2N1. The van der Waals surface area contributed by atoms with Crippen molar-refractivity contribution in [1.29, 1.82) is 0 Å². The number of fused-ring (bicyclic) bond motifs is 1. The molecule has 20 heavy (non-hydrogen) atoms. The molecule has 0 saturated carbocycles. The largest absolute Gasteiger partial charge is 0.380 e. The van der Waals surface area contributed by atoms with Gasteiger partial charge >= 0.3 is 0 Å². The molecule has 0 fully saturated rings. The molecule has 1 aromatic carbocycles. The summed E-state index contributed by atoms with van der Waals surface area (Å²) in [5.74, 6) is 0.0681. The molecule has 1 atom stereocenters. The molecule has 1 heterocycles. The maximum atomic E-state index is 12.1. The number of aryl methyl sites for hydroxylation is 1. The van der Waals surface area contributed by atoms with E-state index in [4.69, 9.17) is 4.74 Å². The molecule has 0 aromatic heterocycles. The predicted molar refractivity (Wildman–Crippen MR) is 80.9 cm³/mol. The minimum atomic E-state index is -0.124. The van der Waals surface area contributed by atoms with Crippen LogP contribution in [-0.2, 0) is 16.0 Å². The Morgan fingerprint density at radius 3 is 3.10 bits per heavy atom. The first kappa shape index (κ1) is 14.9. The molecule has 1 aliphatic heterocycles. The van der Waals surface area contributed by atoms with Crippen LogP contribution < -0.4 is 10.6 Å². The quantitative estimate of drug-likeness (QED) is 0.752. The van der Waals surface area contributed by atoms with Gasteiger partial charge in [-0.2, -0.15) is 0 Å². The number of carbonyl (C=O) groups is 1. The number of amides is 1. The van der Waals surface area contributed by atoms with Crippen molar-refractivity contribution in [1.82, 2.24) is 5.32 Å². The van der Waals surface area contributed by atoms with E-state index >= 15 is 0 Å². The molecule has 0 radical (unpaired) electrons. The summed E-state index contributed by atoms with van der Waals surface area (Å²) in [5, 5.41) is 6.24. The lowest BCUT2D eigenvalue weighted by molar-refractivity contribution is -0.122. The fourth-order valence-electron chi connectivity index (χ4n) is 2.35. The lowest BCUT2D eigenvalue weighted by Crippen LogP contribution is -2.42. The number of carbonyl (C=O) groups excluding carboxylic acids is 1. The summed E-state index contributed by atoms with van der Waals surface area (Å²) in [7, 11) is 0. The number of hydrogen-bond acceptors (Lipinski definition) is 3. The highest BCUT2D eigenvalue weighted by Crippen LogP contribution is 2.24. The van der Waals surface area contributed by atoms with Crippen molar-refractivity contribution in [2.75, 3.05) is 25.1 Å². The van der Waals surface area contributed by atoms with Crippen LogP contribution in [0.4, 0.5) is 5.69 Å². The second kappa shape index (κ2) is 7.90.